The highest BCUT2D eigenvalue weighted by Crippen LogP contribution is 2.13. The molecule has 2 aromatic carbocycles. The molecule has 0 aliphatic rings. The minimum Gasteiger partial charge on any atom is -0.326 e. The molecular weight excluding hydrogens is 405 g/mol. The monoisotopic (exact) mass is 441 g/mol. The topological polar surface area (TPSA) is 61.4 Å². The summed E-state index contributed by atoms with van der Waals surface area (Å²) in [6.45, 7) is 4.17. The second-order valence-electron chi connectivity index (χ2n) is 8.05. The summed E-state index contributed by atoms with van der Waals surface area (Å²) < 4.78 is 13.8. The zero-order valence-electron chi connectivity index (χ0n) is 19.1. The second kappa shape index (κ2) is 15.1. The maximum atomic E-state index is 13.8. The number of benzene rings is 2. The number of halogens is 1. The van der Waals surface area contributed by atoms with Gasteiger partial charge < -0.3 is 15.5 Å². The summed E-state index contributed by atoms with van der Waals surface area (Å²) in [6, 6.07) is 15.6. The Morgan fingerprint density at radius 2 is 1.34 bits per heavy atom. The summed E-state index contributed by atoms with van der Waals surface area (Å²) in [5.74, 6) is -0.709. The Balaban J connectivity index is 1.80. The molecule has 6 heteroatoms. The zero-order valence-corrected chi connectivity index (χ0v) is 19.1. The molecule has 0 radical (unpaired) electrons. The molecular formula is C26H36FN3O2. The van der Waals surface area contributed by atoms with Gasteiger partial charge in [0.05, 0.1) is 5.69 Å². The van der Waals surface area contributed by atoms with Crippen molar-refractivity contribution in [3.63, 3.8) is 0 Å². The average molecular weight is 442 g/mol. The van der Waals surface area contributed by atoms with Crippen LogP contribution in [-0.4, -0.2) is 36.3 Å². The number of carbonyl (C=O) groups is 2. The summed E-state index contributed by atoms with van der Waals surface area (Å²) in [4.78, 5) is 26.8. The van der Waals surface area contributed by atoms with Crippen molar-refractivity contribution in [1.82, 2.24) is 4.90 Å². The number of hydrogen-bond donors (Lipinski definition) is 2. The van der Waals surface area contributed by atoms with E-state index in [0.717, 1.165) is 25.1 Å². The lowest BCUT2D eigenvalue weighted by atomic mass is 10.1. The van der Waals surface area contributed by atoms with Crippen LogP contribution >= 0.6 is 0 Å². The van der Waals surface area contributed by atoms with Gasteiger partial charge in [-0.1, -0.05) is 69.4 Å². The number of hydrogen-bond acceptors (Lipinski definition) is 3. The first-order valence-corrected chi connectivity index (χ1v) is 11.7. The fourth-order valence-corrected chi connectivity index (χ4v) is 3.49. The van der Waals surface area contributed by atoms with Crippen molar-refractivity contribution in [2.45, 2.75) is 58.3 Å². The van der Waals surface area contributed by atoms with Crippen LogP contribution in [0.3, 0.4) is 0 Å². The fraction of sp³-hybridized carbons (Fsp3) is 0.462. The van der Waals surface area contributed by atoms with Crippen LogP contribution < -0.4 is 10.6 Å². The summed E-state index contributed by atoms with van der Waals surface area (Å²) in [5.41, 5.74) is 0.978. The minimum absolute atomic E-state index is 0.0417. The minimum atomic E-state index is -0.442. The van der Waals surface area contributed by atoms with E-state index in [9.17, 15) is 14.0 Å². The number of anilines is 2. The van der Waals surface area contributed by atoms with Crippen molar-refractivity contribution < 1.29 is 14.0 Å². The van der Waals surface area contributed by atoms with E-state index in [1.165, 1.54) is 31.7 Å². The van der Waals surface area contributed by atoms with Crippen LogP contribution in [0.1, 0.15) is 58.3 Å². The van der Waals surface area contributed by atoms with E-state index in [2.05, 4.69) is 22.5 Å². The lowest BCUT2D eigenvalue weighted by molar-refractivity contribution is -0.116. The number of rotatable bonds is 15. The molecule has 0 fully saturated rings. The smallest absolute Gasteiger partial charge is 0.225 e. The van der Waals surface area contributed by atoms with Crippen molar-refractivity contribution in [3.05, 3.63) is 60.4 Å². The van der Waals surface area contributed by atoms with Crippen molar-refractivity contribution >= 4 is 23.2 Å². The number of carbonyl (C=O) groups excluding carboxylic acids is 2. The Labute approximate surface area is 191 Å². The Morgan fingerprint density at radius 1 is 0.750 bits per heavy atom. The predicted molar refractivity (Wildman–Crippen MR) is 129 cm³/mol. The highest BCUT2D eigenvalue weighted by molar-refractivity contribution is 5.91. The quantitative estimate of drug-likeness (QED) is 0.341. The normalized spacial score (nSPS) is 10.8. The van der Waals surface area contributed by atoms with E-state index in [0.29, 0.717) is 19.5 Å². The lowest BCUT2D eigenvalue weighted by Crippen LogP contribution is -2.32. The van der Waals surface area contributed by atoms with Crippen LogP contribution in [0.5, 0.6) is 0 Å². The molecule has 2 aromatic rings. The molecule has 5 nitrogen and oxygen atoms in total. The summed E-state index contributed by atoms with van der Waals surface area (Å²) >= 11 is 0. The molecule has 0 atom stereocenters. The molecule has 0 spiro atoms. The molecule has 174 valence electrons. The van der Waals surface area contributed by atoms with Crippen LogP contribution in [0, 0.1) is 5.82 Å². The number of nitrogens with one attached hydrogen (secondary N) is 2. The standard InChI is InChI=1S/C26H36FN3O2/c1-2-3-4-5-6-12-19-30(20-17-25(31)28-22-13-8-7-9-14-22)21-18-26(32)29-24-16-11-10-15-23(24)27/h7-11,13-16H,2-6,12,17-21H2,1H3,(H,28,31)(H,29,32). The Morgan fingerprint density at radius 3 is 2.03 bits per heavy atom. The third-order valence-corrected chi connectivity index (χ3v) is 5.34. The largest absolute Gasteiger partial charge is 0.326 e. The fourth-order valence-electron chi connectivity index (χ4n) is 3.49. The van der Waals surface area contributed by atoms with Gasteiger partial charge in [0.15, 0.2) is 0 Å². The highest BCUT2D eigenvalue weighted by Gasteiger charge is 2.12. The maximum Gasteiger partial charge on any atom is 0.225 e. The van der Waals surface area contributed by atoms with Crippen LogP contribution in [0.15, 0.2) is 54.6 Å². The van der Waals surface area contributed by atoms with Gasteiger partial charge in [0.25, 0.3) is 0 Å². The van der Waals surface area contributed by atoms with E-state index in [-0.39, 0.29) is 23.9 Å². The molecule has 2 rings (SSSR count). The van der Waals surface area contributed by atoms with Gasteiger partial charge in [-0.15, -0.1) is 0 Å². The van der Waals surface area contributed by atoms with E-state index >= 15 is 0 Å². The van der Waals surface area contributed by atoms with Gasteiger partial charge >= 0.3 is 0 Å². The van der Waals surface area contributed by atoms with Crippen LogP contribution in [0.25, 0.3) is 0 Å². The number of para-hydroxylation sites is 2. The molecule has 0 aliphatic heterocycles. The van der Waals surface area contributed by atoms with Gasteiger partial charge in [0, 0.05) is 31.6 Å². The van der Waals surface area contributed by atoms with Crippen molar-refractivity contribution in [2.75, 3.05) is 30.3 Å². The molecule has 0 unspecified atom stereocenters. The van der Waals surface area contributed by atoms with Gasteiger partial charge in [-0.05, 0) is 37.2 Å². The second-order valence-corrected chi connectivity index (χ2v) is 8.05. The third-order valence-electron chi connectivity index (χ3n) is 5.34. The summed E-state index contributed by atoms with van der Waals surface area (Å²) in [5, 5.41) is 5.54. The van der Waals surface area contributed by atoms with Crippen molar-refractivity contribution in [3.8, 4) is 0 Å². The van der Waals surface area contributed by atoms with Crippen LogP contribution in [0.4, 0.5) is 15.8 Å². The molecule has 0 heterocycles. The molecule has 0 saturated heterocycles. The molecule has 2 amide bonds. The van der Waals surface area contributed by atoms with Crippen LogP contribution in [0.2, 0.25) is 0 Å². The lowest BCUT2D eigenvalue weighted by Gasteiger charge is -2.22. The molecule has 32 heavy (non-hydrogen) atoms. The Bertz CT molecular complexity index is 814. The van der Waals surface area contributed by atoms with Crippen molar-refractivity contribution in [2.24, 2.45) is 0 Å². The van der Waals surface area contributed by atoms with Gasteiger partial charge in [-0.25, -0.2) is 4.39 Å². The van der Waals surface area contributed by atoms with E-state index < -0.39 is 5.82 Å². The van der Waals surface area contributed by atoms with E-state index in [4.69, 9.17) is 0 Å². The Hall–Kier alpha value is -2.73. The van der Waals surface area contributed by atoms with Gasteiger partial charge in [-0.3, -0.25) is 9.59 Å². The number of nitrogens with zero attached hydrogens (tertiary/aromatic N) is 1. The maximum absolute atomic E-state index is 13.8. The third kappa shape index (κ3) is 10.5. The van der Waals surface area contributed by atoms with E-state index in [1.807, 2.05) is 30.3 Å². The van der Waals surface area contributed by atoms with Gasteiger partial charge in [0.2, 0.25) is 11.8 Å². The molecule has 0 aromatic heterocycles. The van der Waals surface area contributed by atoms with Crippen LogP contribution in [-0.2, 0) is 9.59 Å². The average Bonchev–Trinajstić information content (AvgIpc) is 2.79. The Kier molecular flexibility index (Phi) is 12.1. The SMILES string of the molecule is CCCCCCCCN(CCC(=O)Nc1ccccc1)CCC(=O)Nc1ccccc1F. The number of unbranched alkanes of at least 4 members (excludes halogenated alkanes) is 5. The molecule has 0 saturated carbocycles. The first-order chi connectivity index (χ1) is 15.6. The molecule has 2 N–H and O–H groups in total. The van der Waals surface area contributed by atoms with E-state index in [1.54, 1.807) is 18.2 Å². The number of amides is 2. The highest BCUT2D eigenvalue weighted by atomic mass is 19.1. The summed E-state index contributed by atoms with van der Waals surface area (Å²) in [7, 11) is 0. The van der Waals surface area contributed by atoms with Gasteiger partial charge in [-0.2, -0.15) is 0 Å². The first-order valence-electron chi connectivity index (χ1n) is 11.7. The molecule has 0 aliphatic carbocycles. The van der Waals surface area contributed by atoms with Crippen molar-refractivity contribution in [1.29, 1.82) is 0 Å². The molecule has 0 bridgehead atoms. The van der Waals surface area contributed by atoms with Gasteiger partial charge in [0.1, 0.15) is 5.82 Å². The summed E-state index contributed by atoms with van der Waals surface area (Å²) in [6.07, 6.45) is 7.75. The first kappa shape index (κ1) is 25.5. The zero-order chi connectivity index (χ0) is 23.0. The predicted octanol–water partition coefficient (Wildman–Crippen LogP) is 5.85.